The van der Waals surface area contributed by atoms with E-state index in [0.717, 1.165) is 0 Å². The van der Waals surface area contributed by atoms with Crippen molar-refractivity contribution in [3.8, 4) is 0 Å². The van der Waals surface area contributed by atoms with E-state index in [0.29, 0.717) is 6.42 Å². The monoisotopic (exact) mass is 368 g/mol. The molecule has 0 spiro atoms. The molecule has 0 aromatic rings. The Morgan fingerprint density at radius 1 is 1.38 bits per heavy atom. The number of aliphatic hydroxyl groups excluding tert-OH is 1. The maximum Gasteiger partial charge on any atom is 0.334 e. The molecule has 3 rings (SSSR count). The van der Waals surface area contributed by atoms with Crippen molar-refractivity contribution in [3.05, 3.63) is 12.2 Å². The van der Waals surface area contributed by atoms with Crippen molar-refractivity contribution >= 4 is 11.9 Å². The van der Waals surface area contributed by atoms with E-state index in [2.05, 4.69) is 6.58 Å². The van der Waals surface area contributed by atoms with Crippen molar-refractivity contribution in [3.63, 3.8) is 0 Å². The van der Waals surface area contributed by atoms with Crippen LogP contribution in [0.4, 0.5) is 0 Å². The first kappa shape index (κ1) is 19.3. The molecule has 0 saturated carbocycles. The lowest BCUT2D eigenvalue weighted by molar-refractivity contribution is -0.253. The lowest BCUT2D eigenvalue weighted by Gasteiger charge is -2.34. The minimum Gasteiger partial charge on any atom is -0.461 e. The van der Waals surface area contributed by atoms with Crippen molar-refractivity contribution in [2.45, 2.75) is 76.7 Å². The normalized spacial score (nSPS) is 45.6. The SMILES string of the molecule is C=C1C(=O)O[C@@H]2C[C@H](C)[C@@]3(O)C[C@H](O)[C@@](C)(C[C@@H](OC(=O)C(C)C)[C@@H]12)O3. The summed E-state index contributed by atoms with van der Waals surface area (Å²) >= 11 is 0. The molecule has 0 radical (unpaired) electrons. The van der Waals surface area contributed by atoms with Crippen LogP contribution in [0.15, 0.2) is 12.2 Å². The number of hydrogen-bond acceptors (Lipinski definition) is 7. The van der Waals surface area contributed by atoms with Crippen LogP contribution < -0.4 is 0 Å². The Morgan fingerprint density at radius 2 is 2.04 bits per heavy atom. The summed E-state index contributed by atoms with van der Waals surface area (Å²) in [6, 6.07) is 0. The quantitative estimate of drug-likeness (QED) is 0.560. The maximum absolute atomic E-state index is 12.3. The molecule has 3 saturated heterocycles. The number of ether oxygens (including phenoxy) is 3. The lowest BCUT2D eigenvalue weighted by Crippen LogP contribution is -2.44. The molecule has 7 heteroatoms. The highest BCUT2D eigenvalue weighted by atomic mass is 16.7. The molecular weight excluding hydrogens is 340 g/mol. The van der Waals surface area contributed by atoms with Crippen molar-refractivity contribution in [1.82, 2.24) is 0 Å². The first-order valence-corrected chi connectivity index (χ1v) is 9.18. The summed E-state index contributed by atoms with van der Waals surface area (Å²) in [5.41, 5.74) is -0.849. The van der Waals surface area contributed by atoms with Gasteiger partial charge < -0.3 is 24.4 Å². The van der Waals surface area contributed by atoms with Gasteiger partial charge in [-0.2, -0.15) is 0 Å². The lowest BCUT2D eigenvalue weighted by atomic mass is 9.78. The number of carbonyl (C=O) groups excluding carboxylic acids is 2. The number of aliphatic hydroxyl groups is 2. The zero-order chi connectivity index (χ0) is 19.4. The van der Waals surface area contributed by atoms with Crippen LogP contribution in [0.1, 0.15) is 47.0 Å². The highest BCUT2D eigenvalue weighted by Gasteiger charge is 2.60. The zero-order valence-electron chi connectivity index (χ0n) is 15.7. The van der Waals surface area contributed by atoms with E-state index in [1.54, 1.807) is 27.7 Å². The summed E-state index contributed by atoms with van der Waals surface area (Å²) in [6.45, 7) is 10.8. The Labute approximate surface area is 153 Å². The molecule has 0 aromatic carbocycles. The van der Waals surface area contributed by atoms with Gasteiger partial charge in [-0.25, -0.2) is 4.79 Å². The second-order valence-electron chi connectivity index (χ2n) is 8.45. The predicted octanol–water partition coefficient (Wildman–Crippen LogP) is 1.31. The largest absolute Gasteiger partial charge is 0.461 e. The number of carbonyl (C=O) groups is 2. The van der Waals surface area contributed by atoms with Crippen LogP contribution >= 0.6 is 0 Å². The third-order valence-electron chi connectivity index (χ3n) is 6.03. The number of hydrogen-bond donors (Lipinski definition) is 2. The fourth-order valence-electron chi connectivity index (χ4n) is 4.25. The van der Waals surface area contributed by atoms with Gasteiger partial charge in [0.15, 0.2) is 5.79 Å². The molecule has 0 aliphatic carbocycles. The molecule has 3 aliphatic heterocycles. The minimum atomic E-state index is -1.52. The summed E-state index contributed by atoms with van der Waals surface area (Å²) in [5.74, 6) is -3.69. The first-order valence-electron chi connectivity index (χ1n) is 9.18. The third-order valence-corrected chi connectivity index (χ3v) is 6.03. The first-order chi connectivity index (χ1) is 12.0. The fraction of sp³-hybridized carbons (Fsp3) is 0.789. The summed E-state index contributed by atoms with van der Waals surface area (Å²) in [6.07, 6.45) is -1.69. The highest BCUT2D eigenvalue weighted by molar-refractivity contribution is 5.91. The van der Waals surface area contributed by atoms with Gasteiger partial charge in [-0.1, -0.05) is 27.4 Å². The molecule has 3 aliphatic rings. The standard InChI is InChI=1S/C19H28O7/c1-9(2)16(21)25-13-7-18(5)14(20)8-19(23,26-18)10(3)6-12-15(13)11(4)17(22)24-12/h9-10,12-15,20,23H,4,6-8H2,1-3,5H3/t10-,12+,13+,14-,15-,18+,19+/m0/s1. The van der Waals surface area contributed by atoms with Gasteiger partial charge in [-0.05, 0) is 13.3 Å². The topological polar surface area (TPSA) is 102 Å². The summed E-state index contributed by atoms with van der Waals surface area (Å²) < 4.78 is 17.1. The fourth-order valence-corrected chi connectivity index (χ4v) is 4.25. The Hall–Kier alpha value is -1.44. The molecule has 3 fully saturated rings. The van der Waals surface area contributed by atoms with Crippen LogP contribution in [0.3, 0.4) is 0 Å². The van der Waals surface area contributed by atoms with Crippen LogP contribution in [0.5, 0.6) is 0 Å². The molecule has 7 atom stereocenters. The molecule has 7 nitrogen and oxygen atoms in total. The van der Waals surface area contributed by atoms with E-state index in [9.17, 15) is 19.8 Å². The Kier molecular flexibility index (Phi) is 4.70. The van der Waals surface area contributed by atoms with Gasteiger partial charge in [0, 0.05) is 24.3 Å². The number of fused-ring (bicyclic) bond motifs is 3. The molecule has 0 aromatic heterocycles. The molecule has 0 amide bonds. The molecule has 3 heterocycles. The van der Waals surface area contributed by atoms with Crippen molar-refractivity contribution in [2.75, 3.05) is 0 Å². The van der Waals surface area contributed by atoms with E-state index >= 15 is 0 Å². The highest BCUT2D eigenvalue weighted by Crippen LogP contribution is 2.49. The smallest absolute Gasteiger partial charge is 0.334 e. The van der Waals surface area contributed by atoms with E-state index in [-0.39, 0.29) is 30.3 Å². The molecule has 2 bridgehead atoms. The van der Waals surface area contributed by atoms with Gasteiger partial charge in [0.05, 0.1) is 23.5 Å². The molecular formula is C19H28O7. The van der Waals surface area contributed by atoms with E-state index in [1.165, 1.54) is 0 Å². The van der Waals surface area contributed by atoms with Crippen molar-refractivity contribution < 1.29 is 34.0 Å². The Bertz CT molecular complexity index is 629. The average molecular weight is 368 g/mol. The second kappa shape index (κ2) is 6.32. The van der Waals surface area contributed by atoms with Crippen LogP contribution in [0.2, 0.25) is 0 Å². The van der Waals surface area contributed by atoms with Gasteiger partial charge in [0.2, 0.25) is 0 Å². The van der Waals surface area contributed by atoms with Crippen molar-refractivity contribution in [1.29, 1.82) is 0 Å². The van der Waals surface area contributed by atoms with Crippen molar-refractivity contribution in [2.24, 2.45) is 17.8 Å². The zero-order valence-corrected chi connectivity index (χ0v) is 15.7. The predicted molar refractivity (Wildman–Crippen MR) is 90.7 cm³/mol. The molecule has 146 valence electrons. The van der Waals surface area contributed by atoms with Crippen LogP contribution in [-0.4, -0.2) is 51.9 Å². The molecule has 0 unspecified atom stereocenters. The Balaban J connectivity index is 2.01. The summed E-state index contributed by atoms with van der Waals surface area (Å²) in [4.78, 5) is 24.4. The minimum absolute atomic E-state index is 0.0573. The van der Waals surface area contributed by atoms with Gasteiger partial charge in [0.1, 0.15) is 12.2 Å². The van der Waals surface area contributed by atoms with Crippen LogP contribution in [0, 0.1) is 17.8 Å². The van der Waals surface area contributed by atoms with Gasteiger partial charge >= 0.3 is 11.9 Å². The van der Waals surface area contributed by atoms with E-state index < -0.39 is 47.6 Å². The third kappa shape index (κ3) is 3.06. The van der Waals surface area contributed by atoms with Gasteiger partial charge in [-0.15, -0.1) is 0 Å². The average Bonchev–Trinajstić information content (AvgIpc) is 2.93. The van der Waals surface area contributed by atoms with Gasteiger partial charge in [-0.3, -0.25) is 4.79 Å². The molecule has 2 N–H and O–H groups in total. The van der Waals surface area contributed by atoms with Gasteiger partial charge in [0.25, 0.3) is 0 Å². The van der Waals surface area contributed by atoms with Crippen LogP contribution in [-0.2, 0) is 23.8 Å². The van der Waals surface area contributed by atoms with E-state index in [4.69, 9.17) is 14.2 Å². The number of esters is 2. The Morgan fingerprint density at radius 3 is 2.65 bits per heavy atom. The second-order valence-corrected chi connectivity index (χ2v) is 8.45. The summed E-state index contributed by atoms with van der Waals surface area (Å²) in [5, 5.41) is 21.5. The van der Waals surface area contributed by atoms with E-state index in [1.807, 2.05) is 0 Å². The van der Waals surface area contributed by atoms with Crippen LogP contribution in [0.25, 0.3) is 0 Å². The molecule has 26 heavy (non-hydrogen) atoms. The summed E-state index contributed by atoms with van der Waals surface area (Å²) in [7, 11) is 0. The maximum atomic E-state index is 12.3. The number of rotatable bonds is 2.